The zero-order valence-corrected chi connectivity index (χ0v) is 22.6. The Kier molecular flexibility index (Phi) is 8.92. The van der Waals surface area contributed by atoms with Crippen LogP contribution in [0.2, 0.25) is 0 Å². The van der Waals surface area contributed by atoms with Gasteiger partial charge in [-0.3, -0.25) is 4.79 Å². The third-order valence-corrected chi connectivity index (χ3v) is 7.61. The molecule has 3 heterocycles. The highest BCUT2D eigenvalue weighted by Crippen LogP contribution is 2.46. The Bertz CT molecular complexity index is 1490. The van der Waals surface area contributed by atoms with Gasteiger partial charge < -0.3 is 69.3 Å². The number of hydrogen-bond acceptors (Lipinski definition) is 15. The summed E-state index contributed by atoms with van der Waals surface area (Å²) in [6.45, 7) is -1.54. The molecule has 0 saturated carbocycles. The molecule has 15 heteroatoms. The number of fused-ring (bicyclic) bond motifs is 1. The molecule has 2 aliphatic heterocycles. The van der Waals surface area contributed by atoms with Crippen molar-refractivity contribution in [2.24, 2.45) is 0 Å². The van der Waals surface area contributed by atoms with Crippen LogP contribution in [0, 0.1) is 0 Å². The van der Waals surface area contributed by atoms with E-state index >= 15 is 0 Å². The van der Waals surface area contributed by atoms with Gasteiger partial charge in [0.2, 0.25) is 6.29 Å². The van der Waals surface area contributed by atoms with Crippen molar-refractivity contribution in [2.75, 3.05) is 20.3 Å². The van der Waals surface area contributed by atoms with Crippen LogP contribution in [0.15, 0.2) is 45.6 Å². The van der Waals surface area contributed by atoms with Gasteiger partial charge in [0.25, 0.3) is 0 Å². The van der Waals surface area contributed by atoms with Gasteiger partial charge in [-0.05, 0) is 24.3 Å². The second-order valence-corrected chi connectivity index (χ2v) is 10.3. The summed E-state index contributed by atoms with van der Waals surface area (Å²) in [5.74, 6) is -0.511. The number of ether oxygens (including phenoxy) is 4. The number of aliphatic hydroxyl groups excluding tert-OH is 8. The minimum absolute atomic E-state index is 0.0204. The third-order valence-electron chi connectivity index (χ3n) is 7.61. The number of methoxy groups -OCH3 is 1. The zero-order valence-electron chi connectivity index (χ0n) is 22.6. The Morgan fingerprint density at radius 1 is 0.791 bits per heavy atom. The fourth-order valence-electron chi connectivity index (χ4n) is 5.23. The van der Waals surface area contributed by atoms with Gasteiger partial charge in [-0.15, -0.1) is 0 Å². The minimum atomic E-state index is -1.91. The van der Waals surface area contributed by atoms with Crippen molar-refractivity contribution in [1.29, 1.82) is 0 Å². The van der Waals surface area contributed by atoms with Gasteiger partial charge in [0.05, 0.1) is 25.9 Å². The number of phenolic OH excluding ortho intramolecular Hbond substituents is 1. The van der Waals surface area contributed by atoms with Crippen molar-refractivity contribution in [3.63, 3.8) is 0 Å². The molecule has 15 nitrogen and oxygen atoms in total. The second kappa shape index (κ2) is 12.3. The van der Waals surface area contributed by atoms with Gasteiger partial charge in [0.1, 0.15) is 88.9 Å². The Labute approximate surface area is 242 Å². The lowest BCUT2D eigenvalue weighted by Crippen LogP contribution is -2.60. The molecule has 0 aliphatic carbocycles. The van der Waals surface area contributed by atoms with Crippen LogP contribution in [-0.4, -0.2) is 121 Å². The van der Waals surface area contributed by atoms with Crippen LogP contribution in [0.5, 0.6) is 17.2 Å². The van der Waals surface area contributed by atoms with Gasteiger partial charge in [-0.1, -0.05) is 0 Å². The summed E-state index contributed by atoms with van der Waals surface area (Å²) in [5, 5.41) is 91.8. The summed E-state index contributed by atoms with van der Waals surface area (Å²) in [5.41, 5.74) is -0.628. The van der Waals surface area contributed by atoms with Gasteiger partial charge in [0.15, 0.2) is 5.43 Å². The van der Waals surface area contributed by atoms with E-state index in [-0.39, 0.29) is 33.8 Å². The lowest BCUT2D eigenvalue weighted by molar-refractivity contribution is -0.278. The maximum atomic E-state index is 13.7. The molecule has 43 heavy (non-hydrogen) atoms. The topological polar surface area (TPSA) is 249 Å². The molecule has 0 radical (unpaired) electrons. The molecule has 0 bridgehead atoms. The predicted octanol–water partition coefficient (Wildman–Crippen LogP) is -2.13. The number of benzene rings is 2. The van der Waals surface area contributed by atoms with E-state index in [0.717, 1.165) is 6.07 Å². The summed E-state index contributed by atoms with van der Waals surface area (Å²) < 4.78 is 28.7. The molecule has 4 unspecified atom stereocenters. The van der Waals surface area contributed by atoms with Gasteiger partial charge >= 0.3 is 0 Å². The van der Waals surface area contributed by atoms with Crippen LogP contribution in [0.1, 0.15) is 11.7 Å². The van der Waals surface area contributed by atoms with Crippen LogP contribution in [0.25, 0.3) is 22.3 Å². The first kappa shape index (κ1) is 31.1. The number of phenols is 1. The molecular weight excluding hydrogens is 576 g/mol. The molecule has 2 fully saturated rings. The number of rotatable bonds is 7. The Morgan fingerprint density at radius 2 is 1.40 bits per heavy atom. The van der Waals surface area contributed by atoms with E-state index in [1.54, 1.807) is 0 Å². The summed E-state index contributed by atoms with van der Waals surface area (Å²) >= 11 is 0. The molecule has 2 saturated heterocycles. The molecule has 2 aliphatic rings. The zero-order chi connectivity index (χ0) is 31.2. The van der Waals surface area contributed by atoms with E-state index in [2.05, 4.69) is 0 Å². The summed E-state index contributed by atoms with van der Waals surface area (Å²) in [6.07, 6.45) is -17.0. The van der Waals surface area contributed by atoms with Gasteiger partial charge in [-0.25, -0.2) is 0 Å². The van der Waals surface area contributed by atoms with E-state index in [9.17, 15) is 50.8 Å². The predicted molar refractivity (Wildman–Crippen MR) is 143 cm³/mol. The lowest BCUT2D eigenvalue weighted by atomic mass is 9.89. The molecule has 5 rings (SSSR count). The molecule has 0 spiro atoms. The fraction of sp³-hybridized carbons (Fsp3) is 0.464. The highest BCUT2D eigenvalue weighted by atomic mass is 16.7. The maximum Gasteiger partial charge on any atom is 0.229 e. The average molecular weight is 609 g/mol. The minimum Gasteiger partial charge on any atom is -0.508 e. The van der Waals surface area contributed by atoms with Gasteiger partial charge in [-0.2, -0.15) is 0 Å². The van der Waals surface area contributed by atoms with Crippen molar-refractivity contribution >= 4 is 11.0 Å². The Balaban J connectivity index is 1.73. The second-order valence-electron chi connectivity index (χ2n) is 10.3. The molecule has 10 atom stereocenters. The summed E-state index contributed by atoms with van der Waals surface area (Å²) in [6, 6.07) is 8.16. The first-order valence-electron chi connectivity index (χ1n) is 13.3. The molecule has 1 aromatic heterocycles. The quantitative estimate of drug-likeness (QED) is 0.139. The van der Waals surface area contributed by atoms with Crippen LogP contribution in [0.4, 0.5) is 0 Å². The van der Waals surface area contributed by atoms with Crippen LogP contribution in [-0.2, 0) is 9.47 Å². The number of hydrogen-bond donors (Lipinski definition) is 9. The first-order valence-corrected chi connectivity index (χ1v) is 13.3. The molecule has 234 valence electrons. The van der Waals surface area contributed by atoms with E-state index in [1.807, 2.05) is 0 Å². The normalized spacial score (nSPS) is 33.0. The molecular formula is C28H32O15. The lowest BCUT2D eigenvalue weighted by Gasteiger charge is -2.42. The standard InChI is InChI=1S/C28H32O15/c1-39-14-7-15-18(12(32)6-13(40-15)10-2-4-11(31)5-3-10)26(43-28-25(38)23(36)21(34)17(9-30)42-28)19(14)27-24(37)22(35)20(33)16(8-29)41-27/h2-7,16-17,20-25,27-31,33-38H,8-9H2,1H3/t16?,17?,20-,21-,22+,23+,24?,25?,27+,28+/m1/s1. The number of aromatic hydroxyl groups is 1. The molecule has 0 amide bonds. The number of aliphatic hydroxyl groups is 8. The van der Waals surface area contributed by atoms with Crippen molar-refractivity contribution in [3.8, 4) is 28.6 Å². The average Bonchev–Trinajstić information content (AvgIpc) is 3.00. The third kappa shape index (κ3) is 5.56. The van der Waals surface area contributed by atoms with E-state index in [4.69, 9.17) is 23.4 Å². The maximum absolute atomic E-state index is 13.7. The molecule has 2 aromatic carbocycles. The fourth-order valence-corrected chi connectivity index (χ4v) is 5.23. The summed E-state index contributed by atoms with van der Waals surface area (Å²) in [7, 11) is 1.23. The highest BCUT2D eigenvalue weighted by molar-refractivity contribution is 5.89. The van der Waals surface area contributed by atoms with Crippen molar-refractivity contribution < 1.29 is 69.3 Å². The van der Waals surface area contributed by atoms with E-state index in [0.29, 0.717) is 5.56 Å². The van der Waals surface area contributed by atoms with Gasteiger partial charge in [0, 0.05) is 17.7 Å². The highest BCUT2D eigenvalue weighted by Gasteiger charge is 2.49. The van der Waals surface area contributed by atoms with Crippen molar-refractivity contribution in [1.82, 2.24) is 0 Å². The summed E-state index contributed by atoms with van der Waals surface area (Å²) in [4.78, 5) is 13.7. The smallest absolute Gasteiger partial charge is 0.229 e. The Hall–Kier alpha value is -3.35. The van der Waals surface area contributed by atoms with E-state index < -0.39 is 85.6 Å². The Morgan fingerprint density at radius 3 is 2.00 bits per heavy atom. The largest absolute Gasteiger partial charge is 0.508 e. The first-order chi connectivity index (χ1) is 20.5. The molecule has 9 N–H and O–H groups in total. The molecule has 3 aromatic rings. The van der Waals surface area contributed by atoms with Crippen molar-refractivity contribution in [2.45, 2.75) is 61.2 Å². The SMILES string of the molecule is COc1cc2oc(-c3ccc(O)cc3)cc(=O)c2c(O[C@@H]2OC(CO)[C@@H](O)[C@H](O)C2O)c1[C@@H]1OC(CO)[C@@H](O)[C@H](O)C1O. The monoisotopic (exact) mass is 608 g/mol. The van der Waals surface area contributed by atoms with Crippen LogP contribution in [0.3, 0.4) is 0 Å². The van der Waals surface area contributed by atoms with Crippen LogP contribution >= 0.6 is 0 Å². The van der Waals surface area contributed by atoms with Crippen LogP contribution < -0.4 is 14.9 Å². The van der Waals surface area contributed by atoms with Crippen molar-refractivity contribution in [3.05, 3.63) is 52.2 Å². The van der Waals surface area contributed by atoms with E-state index in [1.165, 1.54) is 37.4 Å².